The Morgan fingerprint density at radius 1 is 1.23 bits per heavy atom. The summed E-state index contributed by atoms with van der Waals surface area (Å²) < 4.78 is 0. The fraction of sp³-hybridized carbons (Fsp3) is 0.889. The van der Waals surface area contributed by atoms with Gasteiger partial charge in [-0.1, -0.05) is 34.1 Å². The molecule has 0 spiro atoms. The van der Waals surface area contributed by atoms with Gasteiger partial charge in [-0.3, -0.25) is 9.59 Å². The zero-order valence-electron chi connectivity index (χ0n) is 15.1. The minimum atomic E-state index is -0.448. The van der Waals surface area contributed by atoms with Crippen LogP contribution in [-0.2, 0) is 9.59 Å². The highest BCUT2D eigenvalue weighted by Gasteiger charge is 2.34. The first kappa shape index (κ1) is 19.0. The lowest BCUT2D eigenvalue weighted by Crippen LogP contribution is -2.47. The topological polar surface area (TPSA) is 49.4 Å². The van der Waals surface area contributed by atoms with E-state index < -0.39 is 5.41 Å². The first-order valence-electron chi connectivity index (χ1n) is 8.92. The predicted octanol–water partition coefficient (Wildman–Crippen LogP) is 3.50. The van der Waals surface area contributed by atoms with Gasteiger partial charge in [-0.05, 0) is 39.0 Å². The molecule has 1 aliphatic rings. The summed E-state index contributed by atoms with van der Waals surface area (Å²) in [4.78, 5) is 26.9. The summed E-state index contributed by atoms with van der Waals surface area (Å²) >= 11 is 0. The second-order valence-electron chi connectivity index (χ2n) is 7.33. The SMILES string of the molecule is CCC(C)NC(=O)C(C)(C)CC(CC)N1CCCCCC1=O. The molecule has 2 unspecified atom stereocenters. The van der Waals surface area contributed by atoms with Gasteiger partial charge in [0.15, 0.2) is 0 Å². The largest absolute Gasteiger partial charge is 0.353 e. The van der Waals surface area contributed by atoms with E-state index in [2.05, 4.69) is 19.2 Å². The summed E-state index contributed by atoms with van der Waals surface area (Å²) in [5.74, 6) is 0.366. The summed E-state index contributed by atoms with van der Waals surface area (Å²) in [6.07, 6.45) is 6.46. The minimum absolute atomic E-state index is 0.0996. The number of nitrogens with zero attached hydrogens (tertiary/aromatic N) is 1. The third-order valence-corrected chi connectivity index (χ3v) is 4.87. The highest BCUT2D eigenvalue weighted by Crippen LogP contribution is 2.28. The molecule has 128 valence electrons. The average Bonchev–Trinajstić information content (AvgIpc) is 2.69. The standard InChI is InChI=1S/C18H34N2O2/c1-6-14(3)19-17(22)18(4,5)13-15(7-2)20-12-10-8-9-11-16(20)21/h14-15H,6-13H2,1-5H3,(H,19,22). The quantitative estimate of drug-likeness (QED) is 0.782. The van der Waals surface area contributed by atoms with Crippen LogP contribution in [0, 0.1) is 5.41 Å². The lowest BCUT2D eigenvalue weighted by molar-refractivity contribution is -0.137. The fourth-order valence-electron chi connectivity index (χ4n) is 3.07. The van der Waals surface area contributed by atoms with Crippen molar-refractivity contribution < 1.29 is 9.59 Å². The van der Waals surface area contributed by atoms with Gasteiger partial charge in [0.1, 0.15) is 0 Å². The van der Waals surface area contributed by atoms with E-state index in [0.29, 0.717) is 6.42 Å². The van der Waals surface area contributed by atoms with Gasteiger partial charge in [0.05, 0.1) is 0 Å². The number of carbonyl (C=O) groups is 2. The van der Waals surface area contributed by atoms with Crippen molar-refractivity contribution in [2.75, 3.05) is 6.54 Å². The van der Waals surface area contributed by atoms with Crippen LogP contribution in [0.15, 0.2) is 0 Å². The van der Waals surface area contributed by atoms with Gasteiger partial charge in [0.25, 0.3) is 0 Å². The van der Waals surface area contributed by atoms with Crippen LogP contribution in [0.25, 0.3) is 0 Å². The molecule has 0 bridgehead atoms. The molecule has 1 rings (SSSR count). The summed E-state index contributed by atoms with van der Waals surface area (Å²) in [6.45, 7) is 11.1. The Morgan fingerprint density at radius 3 is 2.50 bits per heavy atom. The van der Waals surface area contributed by atoms with Crippen molar-refractivity contribution >= 4 is 11.8 Å². The monoisotopic (exact) mass is 310 g/mol. The first-order valence-corrected chi connectivity index (χ1v) is 8.92. The predicted molar refractivity (Wildman–Crippen MR) is 90.6 cm³/mol. The molecule has 0 aromatic heterocycles. The Hall–Kier alpha value is -1.06. The number of amides is 2. The maximum atomic E-state index is 12.5. The van der Waals surface area contributed by atoms with Crippen molar-refractivity contribution in [3.05, 3.63) is 0 Å². The van der Waals surface area contributed by atoms with E-state index in [4.69, 9.17) is 0 Å². The Labute approximate surface area is 136 Å². The van der Waals surface area contributed by atoms with Crippen molar-refractivity contribution in [2.45, 2.75) is 91.6 Å². The van der Waals surface area contributed by atoms with Crippen molar-refractivity contribution in [3.8, 4) is 0 Å². The molecule has 1 N–H and O–H groups in total. The van der Waals surface area contributed by atoms with Crippen molar-refractivity contribution in [3.63, 3.8) is 0 Å². The van der Waals surface area contributed by atoms with Crippen LogP contribution < -0.4 is 5.32 Å². The second kappa shape index (κ2) is 8.54. The molecule has 0 aromatic carbocycles. The Bertz CT molecular complexity index is 379. The molecule has 4 nitrogen and oxygen atoms in total. The molecular formula is C18H34N2O2. The number of nitrogens with one attached hydrogen (secondary N) is 1. The highest BCUT2D eigenvalue weighted by molar-refractivity contribution is 5.82. The van der Waals surface area contributed by atoms with E-state index >= 15 is 0 Å². The molecule has 0 aliphatic carbocycles. The molecule has 1 fully saturated rings. The van der Waals surface area contributed by atoms with Crippen molar-refractivity contribution in [2.24, 2.45) is 5.41 Å². The van der Waals surface area contributed by atoms with E-state index in [1.807, 2.05) is 25.7 Å². The number of hydrogen-bond acceptors (Lipinski definition) is 2. The normalized spacial score (nSPS) is 19.5. The van der Waals surface area contributed by atoms with Gasteiger partial charge in [0.2, 0.25) is 11.8 Å². The number of likely N-dealkylation sites (tertiary alicyclic amines) is 1. The highest BCUT2D eigenvalue weighted by atomic mass is 16.2. The molecule has 0 saturated carbocycles. The number of carbonyl (C=O) groups excluding carboxylic acids is 2. The molecule has 0 radical (unpaired) electrons. The molecule has 2 atom stereocenters. The molecule has 22 heavy (non-hydrogen) atoms. The zero-order valence-corrected chi connectivity index (χ0v) is 15.1. The van der Waals surface area contributed by atoms with E-state index in [0.717, 1.165) is 45.1 Å². The van der Waals surface area contributed by atoms with Crippen LogP contribution in [0.2, 0.25) is 0 Å². The molecule has 1 saturated heterocycles. The van der Waals surface area contributed by atoms with Crippen molar-refractivity contribution in [1.29, 1.82) is 0 Å². The molecule has 1 heterocycles. The van der Waals surface area contributed by atoms with Crippen LogP contribution in [0.1, 0.15) is 79.6 Å². The van der Waals surface area contributed by atoms with Gasteiger partial charge in [0, 0.05) is 30.5 Å². The van der Waals surface area contributed by atoms with Gasteiger partial charge < -0.3 is 10.2 Å². The number of rotatable bonds is 7. The summed E-state index contributed by atoms with van der Waals surface area (Å²) in [5, 5.41) is 3.08. The van der Waals surface area contributed by atoms with Crippen molar-refractivity contribution in [1.82, 2.24) is 10.2 Å². The van der Waals surface area contributed by atoms with Crippen LogP contribution in [0.4, 0.5) is 0 Å². The smallest absolute Gasteiger partial charge is 0.225 e. The van der Waals surface area contributed by atoms with Crippen LogP contribution in [-0.4, -0.2) is 35.3 Å². The Morgan fingerprint density at radius 2 is 1.91 bits per heavy atom. The minimum Gasteiger partial charge on any atom is -0.353 e. The second-order valence-corrected chi connectivity index (χ2v) is 7.33. The van der Waals surface area contributed by atoms with Crippen LogP contribution >= 0.6 is 0 Å². The van der Waals surface area contributed by atoms with Gasteiger partial charge in [-0.2, -0.15) is 0 Å². The summed E-state index contributed by atoms with van der Waals surface area (Å²) in [6, 6.07) is 0.370. The molecule has 1 aliphatic heterocycles. The van der Waals surface area contributed by atoms with Crippen LogP contribution in [0.3, 0.4) is 0 Å². The maximum absolute atomic E-state index is 12.5. The molecular weight excluding hydrogens is 276 g/mol. The lowest BCUT2D eigenvalue weighted by atomic mass is 9.83. The third-order valence-electron chi connectivity index (χ3n) is 4.87. The number of hydrogen-bond donors (Lipinski definition) is 1. The maximum Gasteiger partial charge on any atom is 0.225 e. The van der Waals surface area contributed by atoms with E-state index in [-0.39, 0.29) is 23.9 Å². The lowest BCUT2D eigenvalue weighted by Gasteiger charge is -2.36. The third kappa shape index (κ3) is 5.29. The zero-order chi connectivity index (χ0) is 16.8. The molecule has 2 amide bonds. The Kier molecular flexibility index (Phi) is 7.37. The van der Waals surface area contributed by atoms with E-state index in [1.165, 1.54) is 0 Å². The average molecular weight is 310 g/mol. The first-order chi connectivity index (χ1) is 10.3. The van der Waals surface area contributed by atoms with Gasteiger partial charge >= 0.3 is 0 Å². The van der Waals surface area contributed by atoms with E-state index in [9.17, 15) is 9.59 Å². The molecule has 0 aromatic rings. The summed E-state index contributed by atoms with van der Waals surface area (Å²) in [5.41, 5.74) is -0.448. The fourth-order valence-corrected chi connectivity index (χ4v) is 3.07. The summed E-state index contributed by atoms with van der Waals surface area (Å²) in [7, 11) is 0. The Balaban J connectivity index is 2.73. The van der Waals surface area contributed by atoms with Gasteiger partial charge in [-0.25, -0.2) is 0 Å². The molecule has 4 heteroatoms. The van der Waals surface area contributed by atoms with Crippen LogP contribution in [0.5, 0.6) is 0 Å². The van der Waals surface area contributed by atoms with E-state index in [1.54, 1.807) is 0 Å². The van der Waals surface area contributed by atoms with Gasteiger partial charge in [-0.15, -0.1) is 0 Å².